The maximum Gasteiger partial charge on any atom is 0.410 e. The van der Waals surface area contributed by atoms with Crippen molar-refractivity contribution >= 4 is 18.1 Å². The number of carbonyl (C=O) groups excluding carboxylic acids is 3. The Morgan fingerprint density at radius 3 is 1.52 bits per heavy atom. The predicted octanol–water partition coefficient (Wildman–Crippen LogP) is 1.93. The minimum absolute atomic E-state index is 0.203. The van der Waals surface area contributed by atoms with Crippen molar-refractivity contribution in [2.45, 2.75) is 65.6 Å². The van der Waals surface area contributed by atoms with E-state index in [1.165, 1.54) is 0 Å². The van der Waals surface area contributed by atoms with Crippen LogP contribution in [-0.4, -0.2) is 71.8 Å². The largest absolute Gasteiger partial charge is 0.444 e. The number of nitrogens with two attached hydrogens (primary N) is 2. The highest BCUT2D eigenvalue weighted by molar-refractivity contribution is 5.75. The van der Waals surface area contributed by atoms with Crippen LogP contribution in [-0.2, 0) is 14.3 Å². The molecular formula is C20H38N4O5. The number of likely N-dealkylation sites (tertiary alicyclic amines) is 2. The molecule has 168 valence electrons. The van der Waals surface area contributed by atoms with Crippen LogP contribution >= 0.6 is 0 Å². The van der Waals surface area contributed by atoms with Gasteiger partial charge in [0, 0.05) is 38.5 Å². The average Bonchev–Trinajstić information content (AvgIpc) is 2.42. The lowest BCUT2D eigenvalue weighted by Gasteiger charge is -2.39. The highest BCUT2D eigenvalue weighted by Gasteiger charge is 2.34. The fourth-order valence-electron chi connectivity index (χ4n) is 2.92. The van der Waals surface area contributed by atoms with E-state index in [9.17, 15) is 14.4 Å². The molecule has 2 rings (SSSR count). The molecule has 0 saturated carbocycles. The minimum Gasteiger partial charge on any atom is -0.444 e. The summed E-state index contributed by atoms with van der Waals surface area (Å²) < 4.78 is 10.4. The highest BCUT2D eigenvalue weighted by Crippen LogP contribution is 2.22. The highest BCUT2D eigenvalue weighted by atomic mass is 16.6. The second kappa shape index (κ2) is 10.1. The molecule has 0 aromatic carbocycles. The molecule has 0 aromatic rings. The maximum atomic E-state index is 11.5. The summed E-state index contributed by atoms with van der Waals surface area (Å²) in [6, 6.07) is 0. The van der Waals surface area contributed by atoms with Crippen LogP contribution in [0.3, 0.4) is 0 Å². The number of hydrogen-bond acceptors (Lipinski definition) is 6. The number of rotatable bonds is 4. The van der Waals surface area contributed by atoms with E-state index in [0.717, 1.165) is 19.5 Å². The van der Waals surface area contributed by atoms with Crippen molar-refractivity contribution in [3.63, 3.8) is 0 Å². The summed E-state index contributed by atoms with van der Waals surface area (Å²) >= 11 is 0. The van der Waals surface area contributed by atoms with Crippen LogP contribution in [0.2, 0.25) is 0 Å². The summed E-state index contributed by atoms with van der Waals surface area (Å²) in [6.45, 7) is 14.5. The van der Waals surface area contributed by atoms with Crippen molar-refractivity contribution in [2.75, 3.05) is 32.7 Å². The number of hydrogen-bond donors (Lipinski definition) is 2. The maximum absolute atomic E-state index is 11.5. The van der Waals surface area contributed by atoms with Crippen molar-refractivity contribution < 1.29 is 23.9 Å². The van der Waals surface area contributed by atoms with E-state index in [4.69, 9.17) is 20.9 Å². The van der Waals surface area contributed by atoms with Gasteiger partial charge in [-0.2, -0.15) is 0 Å². The Bertz CT molecular complexity index is 570. The van der Waals surface area contributed by atoms with E-state index < -0.39 is 11.2 Å². The first-order valence-corrected chi connectivity index (χ1v) is 10.1. The van der Waals surface area contributed by atoms with Crippen LogP contribution in [0, 0.1) is 11.8 Å². The molecular weight excluding hydrogens is 376 g/mol. The Balaban J connectivity index is 0.000000291. The van der Waals surface area contributed by atoms with Gasteiger partial charge in [0.05, 0.1) is 0 Å². The van der Waals surface area contributed by atoms with Gasteiger partial charge in [0.1, 0.15) is 11.2 Å². The summed E-state index contributed by atoms with van der Waals surface area (Å²) in [5.74, 6) is 0.464. The zero-order valence-corrected chi connectivity index (χ0v) is 18.7. The lowest BCUT2D eigenvalue weighted by molar-refractivity contribution is -0.120. The molecule has 0 atom stereocenters. The average molecular weight is 415 g/mol. The molecule has 9 heteroatoms. The van der Waals surface area contributed by atoms with Crippen molar-refractivity contribution in [1.29, 1.82) is 0 Å². The van der Waals surface area contributed by atoms with E-state index in [2.05, 4.69) is 0 Å². The molecule has 2 aliphatic heterocycles. The number of amides is 3. The number of carbonyl (C=O) groups is 3. The number of primary amides is 1. The molecule has 0 unspecified atom stereocenters. The fraction of sp³-hybridized carbons (Fsp3) is 0.850. The summed E-state index contributed by atoms with van der Waals surface area (Å²) in [7, 11) is 0. The van der Waals surface area contributed by atoms with E-state index in [-0.39, 0.29) is 24.0 Å². The summed E-state index contributed by atoms with van der Waals surface area (Å²) in [4.78, 5) is 36.8. The van der Waals surface area contributed by atoms with Crippen LogP contribution in [0.25, 0.3) is 0 Å². The van der Waals surface area contributed by atoms with Gasteiger partial charge in [-0.15, -0.1) is 0 Å². The lowest BCUT2D eigenvalue weighted by atomic mass is 9.97. The van der Waals surface area contributed by atoms with Gasteiger partial charge < -0.3 is 30.7 Å². The standard InChI is InChI=1S/C10H18N2O3.C10H20N2O2/c1-10(2,3)15-9(14)12-5-7(6-12)4-8(11)13;1-10(2,3)14-9(13)12-6-8(7-12)4-5-11/h7H,4-6H2,1-3H3,(H2,11,13);8H,4-7,11H2,1-3H3. The molecule has 2 heterocycles. The molecule has 0 aromatic heterocycles. The van der Waals surface area contributed by atoms with Gasteiger partial charge in [-0.25, -0.2) is 9.59 Å². The SMILES string of the molecule is CC(C)(C)OC(=O)N1CC(CC(N)=O)C1.CC(C)(C)OC(=O)N1CC(CCN)C1. The van der Waals surface area contributed by atoms with Crippen LogP contribution < -0.4 is 11.5 Å². The number of nitrogens with zero attached hydrogens (tertiary/aromatic N) is 2. The third-order valence-electron chi connectivity index (χ3n) is 4.28. The van der Waals surface area contributed by atoms with E-state index >= 15 is 0 Å². The smallest absolute Gasteiger partial charge is 0.410 e. The Hall–Kier alpha value is -2.03. The minimum atomic E-state index is -0.466. The van der Waals surface area contributed by atoms with Gasteiger partial charge in [-0.1, -0.05) is 0 Å². The molecule has 0 radical (unpaired) electrons. The number of ether oxygens (including phenoxy) is 2. The third kappa shape index (κ3) is 9.83. The molecule has 2 fully saturated rings. The summed E-state index contributed by atoms with van der Waals surface area (Å²) in [5, 5.41) is 0. The van der Waals surface area contributed by atoms with Crippen LogP contribution in [0.1, 0.15) is 54.4 Å². The Labute approximate surface area is 174 Å². The zero-order valence-electron chi connectivity index (χ0n) is 18.7. The molecule has 0 spiro atoms. The monoisotopic (exact) mass is 414 g/mol. The molecule has 29 heavy (non-hydrogen) atoms. The molecule has 9 nitrogen and oxygen atoms in total. The van der Waals surface area contributed by atoms with Gasteiger partial charge in [-0.05, 0) is 60.4 Å². The zero-order chi connectivity index (χ0) is 22.4. The van der Waals surface area contributed by atoms with Gasteiger partial charge in [0.15, 0.2) is 0 Å². The summed E-state index contributed by atoms with van der Waals surface area (Å²) in [5.41, 5.74) is 9.62. The van der Waals surface area contributed by atoms with Crippen LogP contribution in [0.15, 0.2) is 0 Å². The second-order valence-electron chi connectivity index (χ2n) is 9.75. The molecule has 4 N–H and O–H groups in total. The predicted molar refractivity (Wildman–Crippen MR) is 110 cm³/mol. The fourth-order valence-corrected chi connectivity index (χ4v) is 2.92. The van der Waals surface area contributed by atoms with Gasteiger partial charge in [0.25, 0.3) is 0 Å². The first kappa shape index (κ1) is 25.0. The van der Waals surface area contributed by atoms with Crippen molar-refractivity contribution in [3.05, 3.63) is 0 Å². The van der Waals surface area contributed by atoms with Crippen molar-refractivity contribution in [1.82, 2.24) is 9.80 Å². The van der Waals surface area contributed by atoms with Crippen molar-refractivity contribution in [2.24, 2.45) is 23.3 Å². The topological polar surface area (TPSA) is 128 Å². The molecule has 0 aliphatic carbocycles. The lowest BCUT2D eigenvalue weighted by Crippen LogP contribution is -2.52. The van der Waals surface area contributed by atoms with Crippen LogP contribution in [0.5, 0.6) is 0 Å². The first-order chi connectivity index (χ1) is 13.2. The van der Waals surface area contributed by atoms with Gasteiger partial charge in [0.2, 0.25) is 5.91 Å². The van der Waals surface area contributed by atoms with E-state index in [0.29, 0.717) is 32.0 Å². The van der Waals surface area contributed by atoms with E-state index in [1.54, 1.807) is 9.80 Å². The van der Waals surface area contributed by atoms with Crippen molar-refractivity contribution in [3.8, 4) is 0 Å². The summed E-state index contributed by atoms with van der Waals surface area (Å²) in [6.07, 6.45) is 0.826. The van der Waals surface area contributed by atoms with E-state index in [1.807, 2.05) is 41.5 Å². The Morgan fingerprint density at radius 1 is 0.828 bits per heavy atom. The third-order valence-corrected chi connectivity index (χ3v) is 4.28. The van der Waals surface area contributed by atoms with Crippen LogP contribution in [0.4, 0.5) is 9.59 Å². The molecule has 0 bridgehead atoms. The Kier molecular flexibility index (Phi) is 8.74. The van der Waals surface area contributed by atoms with Gasteiger partial charge >= 0.3 is 12.2 Å². The Morgan fingerprint density at radius 2 is 1.21 bits per heavy atom. The molecule has 2 aliphatic rings. The second-order valence-corrected chi connectivity index (χ2v) is 9.75. The quantitative estimate of drug-likeness (QED) is 0.723. The molecule has 2 saturated heterocycles. The van der Waals surface area contributed by atoms with Gasteiger partial charge in [-0.3, -0.25) is 4.79 Å². The molecule has 3 amide bonds. The first-order valence-electron chi connectivity index (χ1n) is 10.1. The normalized spacial score (nSPS) is 17.5.